The molecule has 0 fully saturated rings. The molecule has 0 saturated heterocycles. The summed E-state index contributed by atoms with van der Waals surface area (Å²) in [5.41, 5.74) is 4.35. The third-order valence-corrected chi connectivity index (χ3v) is 4.03. The van der Waals surface area contributed by atoms with Crippen molar-refractivity contribution in [3.05, 3.63) is 28.3 Å². The fourth-order valence-corrected chi connectivity index (χ4v) is 3.34. The topological polar surface area (TPSA) is 12.9 Å². The second kappa shape index (κ2) is 3.06. The third kappa shape index (κ3) is 1.17. The van der Waals surface area contributed by atoms with Gasteiger partial charge in [-0.25, -0.2) is 4.98 Å². The van der Waals surface area contributed by atoms with Crippen LogP contribution in [0.15, 0.2) is 12.1 Å². The molecule has 0 unspecified atom stereocenters. The molecule has 1 aromatic heterocycles. The summed E-state index contributed by atoms with van der Waals surface area (Å²) in [6.45, 7) is 2.10. The van der Waals surface area contributed by atoms with E-state index in [-0.39, 0.29) is 0 Å². The van der Waals surface area contributed by atoms with Crippen LogP contribution in [0.2, 0.25) is 0 Å². The van der Waals surface area contributed by atoms with Crippen molar-refractivity contribution in [2.24, 2.45) is 0 Å². The van der Waals surface area contributed by atoms with E-state index in [0.717, 1.165) is 0 Å². The van der Waals surface area contributed by atoms with Crippen LogP contribution in [0, 0.1) is 6.92 Å². The van der Waals surface area contributed by atoms with Gasteiger partial charge in [0, 0.05) is 0 Å². The van der Waals surface area contributed by atoms with Crippen LogP contribution < -0.4 is 0 Å². The van der Waals surface area contributed by atoms with E-state index < -0.39 is 0 Å². The Morgan fingerprint density at radius 1 is 1.21 bits per heavy atom. The highest BCUT2D eigenvalue weighted by molar-refractivity contribution is 7.18. The number of aromatic nitrogens is 1. The first-order chi connectivity index (χ1) is 6.84. The highest BCUT2D eigenvalue weighted by Crippen LogP contribution is 2.32. The largest absolute Gasteiger partial charge is 0.242 e. The van der Waals surface area contributed by atoms with Gasteiger partial charge in [-0.2, -0.15) is 0 Å². The van der Waals surface area contributed by atoms with Gasteiger partial charge in [-0.3, -0.25) is 0 Å². The van der Waals surface area contributed by atoms with Crippen molar-refractivity contribution in [2.75, 3.05) is 0 Å². The van der Waals surface area contributed by atoms with Gasteiger partial charge < -0.3 is 0 Å². The predicted molar refractivity (Wildman–Crippen MR) is 61.0 cm³/mol. The maximum atomic E-state index is 4.54. The van der Waals surface area contributed by atoms with Crippen LogP contribution in [0.4, 0.5) is 0 Å². The summed E-state index contributed by atoms with van der Waals surface area (Å²) in [6, 6.07) is 4.46. The van der Waals surface area contributed by atoms with Gasteiger partial charge in [0.15, 0.2) is 0 Å². The maximum absolute atomic E-state index is 4.54. The van der Waals surface area contributed by atoms with E-state index in [2.05, 4.69) is 24.0 Å². The molecule has 1 aliphatic carbocycles. The van der Waals surface area contributed by atoms with Gasteiger partial charge >= 0.3 is 0 Å². The van der Waals surface area contributed by atoms with Crippen molar-refractivity contribution in [3.8, 4) is 0 Å². The average Bonchev–Trinajstić information content (AvgIpc) is 2.59. The summed E-state index contributed by atoms with van der Waals surface area (Å²) in [5.74, 6) is 0. The van der Waals surface area contributed by atoms with E-state index in [1.807, 2.05) is 11.3 Å². The molecular weight excluding hydrogens is 190 g/mol. The summed E-state index contributed by atoms with van der Waals surface area (Å²) in [4.78, 5) is 4.54. The zero-order chi connectivity index (χ0) is 9.54. The molecule has 0 bridgehead atoms. The lowest BCUT2D eigenvalue weighted by Gasteiger charge is -2.15. The number of thiazole rings is 1. The van der Waals surface area contributed by atoms with Crippen molar-refractivity contribution < 1.29 is 0 Å². The molecule has 3 rings (SSSR count). The molecule has 2 heteroatoms. The van der Waals surface area contributed by atoms with Crippen LogP contribution in [0.3, 0.4) is 0 Å². The molecule has 1 nitrogen and oxygen atoms in total. The summed E-state index contributed by atoms with van der Waals surface area (Å²) < 4.78 is 1.44. The number of fused-ring (bicyclic) bond motifs is 3. The second-order valence-corrected chi connectivity index (χ2v) is 5.19. The zero-order valence-corrected chi connectivity index (χ0v) is 9.16. The second-order valence-electron chi connectivity index (χ2n) is 3.99. The van der Waals surface area contributed by atoms with Gasteiger partial charge in [0.05, 0.1) is 15.2 Å². The number of rotatable bonds is 0. The molecule has 0 radical (unpaired) electrons. The summed E-state index contributed by atoms with van der Waals surface area (Å²) in [5, 5.41) is 1.19. The van der Waals surface area contributed by atoms with Gasteiger partial charge in [0.2, 0.25) is 0 Å². The van der Waals surface area contributed by atoms with Gasteiger partial charge in [-0.15, -0.1) is 11.3 Å². The molecule has 0 spiro atoms. The fourth-order valence-electron chi connectivity index (χ4n) is 2.32. The number of hydrogen-bond acceptors (Lipinski definition) is 2. The first-order valence-corrected chi connectivity index (χ1v) is 6.04. The monoisotopic (exact) mass is 203 g/mol. The zero-order valence-electron chi connectivity index (χ0n) is 8.34. The molecule has 14 heavy (non-hydrogen) atoms. The van der Waals surface area contributed by atoms with Crippen molar-refractivity contribution in [3.63, 3.8) is 0 Å². The number of hydrogen-bond donors (Lipinski definition) is 0. The lowest BCUT2D eigenvalue weighted by atomic mass is 9.91. The van der Waals surface area contributed by atoms with Crippen molar-refractivity contribution >= 4 is 21.6 Å². The fraction of sp³-hybridized carbons (Fsp3) is 0.417. The third-order valence-electron chi connectivity index (χ3n) is 2.99. The number of benzene rings is 1. The van der Waals surface area contributed by atoms with Gasteiger partial charge in [0.25, 0.3) is 0 Å². The lowest BCUT2D eigenvalue weighted by molar-refractivity contribution is 0.690. The van der Waals surface area contributed by atoms with Gasteiger partial charge in [-0.05, 0) is 49.8 Å². The summed E-state index contributed by atoms with van der Waals surface area (Å²) >= 11 is 1.86. The van der Waals surface area contributed by atoms with Crippen molar-refractivity contribution in [2.45, 2.75) is 32.6 Å². The number of nitrogens with zero attached hydrogens (tertiary/aromatic N) is 1. The molecule has 0 saturated carbocycles. The van der Waals surface area contributed by atoms with Crippen LogP contribution in [0.1, 0.15) is 29.0 Å². The molecular formula is C12H13NS. The van der Waals surface area contributed by atoms with Crippen LogP contribution in [0.5, 0.6) is 0 Å². The minimum absolute atomic E-state index is 1.19. The normalized spacial score (nSPS) is 15.8. The Morgan fingerprint density at radius 2 is 2.07 bits per heavy atom. The van der Waals surface area contributed by atoms with Crippen LogP contribution in [0.25, 0.3) is 10.2 Å². The Morgan fingerprint density at radius 3 is 3.00 bits per heavy atom. The Labute approximate surface area is 87.8 Å². The van der Waals surface area contributed by atoms with Gasteiger partial charge in [-0.1, -0.05) is 6.07 Å². The van der Waals surface area contributed by atoms with Crippen LogP contribution in [-0.2, 0) is 12.8 Å². The Kier molecular flexibility index (Phi) is 1.84. The first kappa shape index (κ1) is 8.42. The molecule has 1 aliphatic rings. The SMILES string of the molecule is Cc1nc2ccc3c(c2s1)CCCC3. The Bertz CT molecular complexity index is 484. The Hall–Kier alpha value is -0.890. The van der Waals surface area contributed by atoms with E-state index >= 15 is 0 Å². The van der Waals surface area contributed by atoms with Crippen molar-refractivity contribution in [1.82, 2.24) is 4.98 Å². The van der Waals surface area contributed by atoms with Crippen molar-refractivity contribution in [1.29, 1.82) is 0 Å². The minimum Gasteiger partial charge on any atom is -0.242 e. The maximum Gasteiger partial charge on any atom is 0.0907 e. The van der Waals surface area contributed by atoms with E-state index in [9.17, 15) is 0 Å². The van der Waals surface area contributed by atoms with E-state index in [0.29, 0.717) is 0 Å². The highest BCUT2D eigenvalue weighted by atomic mass is 32.1. The smallest absolute Gasteiger partial charge is 0.0907 e. The summed E-state index contributed by atoms with van der Waals surface area (Å²) in [6.07, 6.45) is 5.23. The Balaban J connectivity index is 2.33. The minimum atomic E-state index is 1.19. The van der Waals surface area contributed by atoms with E-state index in [4.69, 9.17) is 0 Å². The lowest BCUT2D eigenvalue weighted by Crippen LogP contribution is -2.01. The van der Waals surface area contributed by atoms with Gasteiger partial charge in [0.1, 0.15) is 0 Å². The van der Waals surface area contributed by atoms with E-state index in [1.165, 1.54) is 40.9 Å². The molecule has 0 N–H and O–H groups in total. The standard InChI is InChI=1S/C12H13NS/c1-8-13-11-7-6-9-4-2-3-5-10(9)12(11)14-8/h6-7H,2-5H2,1H3. The summed E-state index contributed by atoms with van der Waals surface area (Å²) in [7, 11) is 0. The van der Waals surface area contributed by atoms with Crippen LogP contribution in [-0.4, -0.2) is 4.98 Å². The average molecular weight is 203 g/mol. The molecule has 1 heterocycles. The molecule has 72 valence electrons. The van der Waals surface area contributed by atoms with Crippen LogP contribution >= 0.6 is 11.3 Å². The molecule has 1 aromatic carbocycles. The number of aryl methyl sites for hydroxylation is 3. The highest BCUT2D eigenvalue weighted by Gasteiger charge is 2.14. The quantitative estimate of drug-likeness (QED) is 0.638. The predicted octanol–water partition coefficient (Wildman–Crippen LogP) is 3.48. The molecule has 0 atom stereocenters. The molecule has 0 aliphatic heterocycles. The first-order valence-electron chi connectivity index (χ1n) is 5.22. The molecule has 2 aromatic rings. The van der Waals surface area contributed by atoms with E-state index in [1.54, 1.807) is 11.1 Å². The molecule has 0 amide bonds.